The van der Waals surface area contributed by atoms with Crippen molar-refractivity contribution in [2.45, 2.75) is 52.9 Å². The number of hydrogen-bond acceptors (Lipinski definition) is 3. The Balaban J connectivity index is 2.43. The van der Waals surface area contributed by atoms with Gasteiger partial charge in [-0.25, -0.2) is 4.39 Å². The summed E-state index contributed by atoms with van der Waals surface area (Å²) in [6.07, 6.45) is 14.2. The number of unbranched alkanes of at least 4 members (excludes halogenated alkanes) is 3. The van der Waals surface area contributed by atoms with E-state index in [0.29, 0.717) is 24.5 Å². The second-order valence-electron chi connectivity index (χ2n) is 7.98. The van der Waals surface area contributed by atoms with Gasteiger partial charge >= 0.3 is 0 Å². The van der Waals surface area contributed by atoms with Crippen LogP contribution in [0, 0.1) is 5.82 Å². The van der Waals surface area contributed by atoms with Gasteiger partial charge in [0.25, 0.3) is 0 Å². The van der Waals surface area contributed by atoms with Crippen LogP contribution in [0.2, 0.25) is 0 Å². The minimum Gasteiger partial charge on any atom is -0.490 e. The Bertz CT molecular complexity index is 950. The SMILES string of the molecule is C=C1/C=C/Oc2cc(OCCCCCCN)c(F)cc2/C(C(=C)/C(C)=C\CC)=C/C=C1C. The van der Waals surface area contributed by atoms with Gasteiger partial charge in [-0.3, -0.25) is 0 Å². The Kier molecular flexibility index (Phi) is 10.2. The molecule has 0 atom stereocenters. The summed E-state index contributed by atoms with van der Waals surface area (Å²) in [6.45, 7) is 15.6. The molecule has 0 aliphatic carbocycles. The van der Waals surface area contributed by atoms with Crippen molar-refractivity contribution >= 4 is 5.57 Å². The molecule has 0 unspecified atom stereocenters. The van der Waals surface area contributed by atoms with E-state index in [0.717, 1.165) is 60.0 Å². The van der Waals surface area contributed by atoms with Gasteiger partial charge in [0, 0.05) is 11.6 Å². The first-order valence-corrected chi connectivity index (χ1v) is 11.3. The second-order valence-corrected chi connectivity index (χ2v) is 7.98. The number of rotatable bonds is 10. The maximum Gasteiger partial charge on any atom is 0.165 e. The van der Waals surface area contributed by atoms with Gasteiger partial charge in [-0.05, 0) is 79.7 Å². The predicted octanol–water partition coefficient (Wildman–Crippen LogP) is 7.43. The van der Waals surface area contributed by atoms with E-state index in [1.807, 2.05) is 26.0 Å². The van der Waals surface area contributed by atoms with Gasteiger partial charge in [-0.2, -0.15) is 0 Å². The van der Waals surface area contributed by atoms with Gasteiger partial charge in [-0.15, -0.1) is 0 Å². The van der Waals surface area contributed by atoms with Gasteiger partial charge in [0.2, 0.25) is 0 Å². The Morgan fingerprint density at radius 1 is 1.19 bits per heavy atom. The fourth-order valence-electron chi connectivity index (χ4n) is 3.37. The molecule has 0 aromatic heterocycles. The first-order valence-electron chi connectivity index (χ1n) is 11.3. The summed E-state index contributed by atoms with van der Waals surface area (Å²) in [5.74, 6) is 0.277. The highest BCUT2D eigenvalue weighted by Gasteiger charge is 2.18. The number of fused-ring (bicyclic) bond motifs is 1. The zero-order chi connectivity index (χ0) is 23.5. The first-order chi connectivity index (χ1) is 15.4. The summed E-state index contributed by atoms with van der Waals surface area (Å²) in [5, 5.41) is 0. The van der Waals surface area contributed by atoms with Crippen molar-refractivity contribution in [2.75, 3.05) is 13.2 Å². The summed E-state index contributed by atoms with van der Waals surface area (Å²) >= 11 is 0. The molecule has 0 radical (unpaired) electrons. The van der Waals surface area contributed by atoms with E-state index in [1.54, 1.807) is 18.4 Å². The number of ether oxygens (including phenoxy) is 2. The normalized spacial score (nSPS) is 16.9. The van der Waals surface area contributed by atoms with E-state index in [2.05, 4.69) is 26.2 Å². The van der Waals surface area contributed by atoms with E-state index in [1.165, 1.54) is 6.07 Å². The molecule has 4 heteroatoms. The molecule has 1 aliphatic rings. The topological polar surface area (TPSA) is 44.5 Å². The van der Waals surface area contributed by atoms with Crippen LogP contribution in [0.4, 0.5) is 4.39 Å². The zero-order valence-corrected chi connectivity index (χ0v) is 19.7. The smallest absolute Gasteiger partial charge is 0.165 e. The molecule has 32 heavy (non-hydrogen) atoms. The minimum atomic E-state index is -0.420. The van der Waals surface area contributed by atoms with Gasteiger partial charge in [-0.1, -0.05) is 51.2 Å². The number of benzene rings is 1. The van der Waals surface area contributed by atoms with Crippen LogP contribution in [0.25, 0.3) is 5.57 Å². The summed E-state index contributed by atoms with van der Waals surface area (Å²) in [4.78, 5) is 0. The van der Waals surface area contributed by atoms with Gasteiger partial charge < -0.3 is 15.2 Å². The van der Waals surface area contributed by atoms with Crippen LogP contribution in [0.3, 0.4) is 0 Å². The Hall–Kier alpha value is -2.85. The lowest BCUT2D eigenvalue weighted by Crippen LogP contribution is -2.03. The lowest BCUT2D eigenvalue weighted by Gasteiger charge is -2.18. The maximum atomic E-state index is 15.0. The Morgan fingerprint density at radius 2 is 1.94 bits per heavy atom. The number of nitrogens with two attached hydrogens (primary N) is 1. The van der Waals surface area contributed by atoms with Crippen molar-refractivity contribution in [3.63, 3.8) is 0 Å². The van der Waals surface area contributed by atoms with Crippen molar-refractivity contribution < 1.29 is 13.9 Å². The van der Waals surface area contributed by atoms with Crippen molar-refractivity contribution in [1.82, 2.24) is 0 Å². The quantitative estimate of drug-likeness (QED) is 0.306. The van der Waals surface area contributed by atoms with Gasteiger partial charge in [0.1, 0.15) is 5.75 Å². The molecular weight excluding hydrogens is 401 g/mol. The highest BCUT2D eigenvalue weighted by molar-refractivity contribution is 5.87. The van der Waals surface area contributed by atoms with Crippen molar-refractivity contribution in [3.8, 4) is 11.5 Å². The van der Waals surface area contributed by atoms with Crippen LogP contribution in [0.15, 0.2) is 78.1 Å². The second kappa shape index (κ2) is 12.9. The molecule has 3 nitrogen and oxygen atoms in total. The monoisotopic (exact) mass is 437 g/mol. The first kappa shape index (κ1) is 25.4. The lowest BCUT2D eigenvalue weighted by molar-refractivity contribution is 0.288. The molecule has 0 spiro atoms. The van der Waals surface area contributed by atoms with Crippen molar-refractivity contribution in [2.24, 2.45) is 5.73 Å². The van der Waals surface area contributed by atoms with Crippen LogP contribution in [0.1, 0.15) is 58.4 Å². The lowest BCUT2D eigenvalue weighted by atomic mass is 9.91. The molecule has 1 aliphatic heterocycles. The largest absolute Gasteiger partial charge is 0.490 e. The standard InChI is InChI=1S/C28H36FNO2/c1-6-11-22(4)23(5)24-13-12-20(2)21(3)14-17-32-27-19-28(26(29)18-25(24)27)31-16-10-8-7-9-15-30/h11-14,17-19H,3,5-10,15-16,30H2,1-2,4H3/b17-14+,20-12?,22-11-,24-13+. The molecule has 172 valence electrons. The third kappa shape index (κ3) is 7.10. The van der Waals surface area contributed by atoms with E-state index in [-0.39, 0.29) is 5.75 Å². The molecular formula is C28H36FNO2. The molecule has 0 fully saturated rings. The molecule has 1 aromatic rings. The van der Waals surface area contributed by atoms with E-state index in [9.17, 15) is 0 Å². The maximum absolute atomic E-state index is 15.0. The molecule has 0 bridgehead atoms. The average Bonchev–Trinajstić information content (AvgIpc) is 2.77. The zero-order valence-electron chi connectivity index (χ0n) is 19.7. The van der Waals surface area contributed by atoms with Crippen molar-refractivity contribution in [3.05, 3.63) is 89.5 Å². The van der Waals surface area contributed by atoms with E-state index in [4.69, 9.17) is 15.2 Å². The van der Waals surface area contributed by atoms with Crippen molar-refractivity contribution in [1.29, 1.82) is 0 Å². The van der Waals surface area contributed by atoms with Crippen LogP contribution < -0.4 is 15.2 Å². The molecule has 2 N–H and O–H groups in total. The Morgan fingerprint density at radius 3 is 2.66 bits per heavy atom. The highest BCUT2D eigenvalue weighted by atomic mass is 19.1. The molecule has 1 aromatic carbocycles. The minimum absolute atomic E-state index is 0.185. The molecule has 0 amide bonds. The molecule has 2 rings (SSSR count). The fourth-order valence-corrected chi connectivity index (χ4v) is 3.37. The van der Waals surface area contributed by atoms with Crippen LogP contribution in [-0.4, -0.2) is 13.2 Å². The van der Waals surface area contributed by atoms with Gasteiger partial charge in [0.05, 0.1) is 12.9 Å². The third-order valence-corrected chi connectivity index (χ3v) is 5.46. The number of allylic oxidation sites excluding steroid dienone is 9. The molecule has 1 heterocycles. The summed E-state index contributed by atoms with van der Waals surface area (Å²) in [7, 11) is 0. The third-order valence-electron chi connectivity index (χ3n) is 5.46. The van der Waals surface area contributed by atoms with E-state index >= 15 is 4.39 Å². The highest BCUT2D eigenvalue weighted by Crippen LogP contribution is 2.38. The average molecular weight is 438 g/mol. The van der Waals surface area contributed by atoms with Gasteiger partial charge in [0.15, 0.2) is 11.6 Å². The summed E-state index contributed by atoms with van der Waals surface area (Å²) < 4.78 is 26.7. The van der Waals surface area contributed by atoms with Crippen LogP contribution in [0.5, 0.6) is 11.5 Å². The van der Waals surface area contributed by atoms with Crippen LogP contribution in [-0.2, 0) is 0 Å². The Labute approximate surface area is 192 Å². The fraction of sp³-hybridized carbons (Fsp3) is 0.357. The van der Waals surface area contributed by atoms with E-state index < -0.39 is 5.82 Å². The summed E-state index contributed by atoms with van der Waals surface area (Å²) in [5.41, 5.74) is 10.7. The number of hydrogen-bond donors (Lipinski definition) is 1. The molecule has 0 saturated carbocycles. The summed E-state index contributed by atoms with van der Waals surface area (Å²) in [6, 6.07) is 3.10. The number of halogens is 1. The predicted molar refractivity (Wildman–Crippen MR) is 133 cm³/mol. The van der Waals surface area contributed by atoms with Crippen LogP contribution >= 0.6 is 0 Å². The molecule has 0 saturated heterocycles.